The van der Waals surface area contributed by atoms with E-state index in [1.807, 2.05) is 42.5 Å². The predicted octanol–water partition coefficient (Wildman–Crippen LogP) is 2.84. The summed E-state index contributed by atoms with van der Waals surface area (Å²) in [4.78, 5) is 0. The fourth-order valence-corrected chi connectivity index (χ4v) is 2.37. The highest BCUT2D eigenvalue weighted by atomic mass is 16.5. The third-order valence-electron chi connectivity index (χ3n) is 3.49. The Morgan fingerprint density at radius 3 is 2.60 bits per heavy atom. The summed E-state index contributed by atoms with van der Waals surface area (Å²) < 4.78 is 5.15. The first-order chi connectivity index (χ1) is 9.78. The average Bonchev–Trinajstić information content (AvgIpc) is 2.97. The Morgan fingerprint density at radius 1 is 1.15 bits per heavy atom. The smallest absolute Gasteiger partial charge is 0.120 e. The van der Waals surface area contributed by atoms with Crippen molar-refractivity contribution in [1.29, 1.82) is 0 Å². The second-order valence-corrected chi connectivity index (χ2v) is 4.73. The van der Waals surface area contributed by atoms with Crippen LogP contribution in [0.15, 0.2) is 53.6 Å². The van der Waals surface area contributed by atoms with Crippen molar-refractivity contribution in [3.63, 3.8) is 0 Å². The number of benzene rings is 2. The largest absolute Gasteiger partial charge is 0.508 e. The molecule has 1 unspecified atom stereocenters. The van der Waals surface area contributed by atoms with Gasteiger partial charge in [-0.1, -0.05) is 18.2 Å². The maximum absolute atomic E-state index is 9.89. The second kappa shape index (κ2) is 5.25. The van der Waals surface area contributed by atoms with E-state index in [1.54, 1.807) is 13.2 Å². The van der Waals surface area contributed by atoms with Crippen molar-refractivity contribution < 1.29 is 9.84 Å². The van der Waals surface area contributed by atoms with E-state index in [-0.39, 0.29) is 6.04 Å². The van der Waals surface area contributed by atoms with Crippen LogP contribution in [0.4, 0.5) is 0 Å². The lowest BCUT2D eigenvalue weighted by Gasteiger charge is -2.11. The molecule has 0 saturated carbocycles. The average molecular weight is 268 g/mol. The van der Waals surface area contributed by atoms with Crippen LogP contribution in [0, 0.1) is 0 Å². The van der Waals surface area contributed by atoms with Crippen LogP contribution < -0.4 is 10.2 Å². The maximum atomic E-state index is 9.89. The molecule has 3 rings (SSSR count). The summed E-state index contributed by atoms with van der Waals surface area (Å²) in [5.74, 6) is 1.13. The van der Waals surface area contributed by atoms with Crippen LogP contribution in [0.3, 0.4) is 0 Å². The van der Waals surface area contributed by atoms with Gasteiger partial charge in [0.15, 0.2) is 0 Å². The number of hydrogen-bond acceptors (Lipinski definition) is 4. The molecule has 20 heavy (non-hydrogen) atoms. The van der Waals surface area contributed by atoms with Gasteiger partial charge in [0, 0.05) is 12.0 Å². The lowest BCUT2D eigenvalue weighted by atomic mass is 9.98. The zero-order valence-electron chi connectivity index (χ0n) is 11.2. The van der Waals surface area contributed by atoms with Crippen molar-refractivity contribution in [1.82, 2.24) is 5.43 Å². The molecule has 102 valence electrons. The summed E-state index contributed by atoms with van der Waals surface area (Å²) in [6.45, 7) is 0. The fraction of sp³-hybridized carbons (Fsp3) is 0.188. The van der Waals surface area contributed by atoms with Gasteiger partial charge >= 0.3 is 0 Å². The SMILES string of the molecule is COc1ccc(C2=NNC(c3ccccc3O)C2)cc1. The number of hydrogen-bond donors (Lipinski definition) is 2. The van der Waals surface area contributed by atoms with E-state index in [2.05, 4.69) is 10.5 Å². The van der Waals surface area contributed by atoms with E-state index in [0.29, 0.717) is 5.75 Å². The molecule has 2 aromatic rings. The molecule has 0 saturated heterocycles. The van der Waals surface area contributed by atoms with Gasteiger partial charge in [-0.2, -0.15) is 5.10 Å². The molecule has 0 amide bonds. The van der Waals surface area contributed by atoms with Crippen LogP contribution in [0.5, 0.6) is 11.5 Å². The third kappa shape index (κ3) is 2.32. The van der Waals surface area contributed by atoms with Crippen LogP contribution in [-0.4, -0.2) is 17.9 Å². The molecule has 1 heterocycles. The molecular formula is C16H16N2O2. The minimum Gasteiger partial charge on any atom is -0.508 e. The lowest BCUT2D eigenvalue weighted by molar-refractivity contribution is 0.415. The highest BCUT2D eigenvalue weighted by Crippen LogP contribution is 2.30. The molecular weight excluding hydrogens is 252 g/mol. The summed E-state index contributed by atoms with van der Waals surface area (Å²) in [7, 11) is 1.65. The third-order valence-corrected chi connectivity index (χ3v) is 3.49. The fourth-order valence-electron chi connectivity index (χ4n) is 2.37. The van der Waals surface area contributed by atoms with E-state index < -0.39 is 0 Å². The summed E-state index contributed by atoms with van der Waals surface area (Å²) >= 11 is 0. The molecule has 4 heteroatoms. The van der Waals surface area contributed by atoms with Gasteiger partial charge in [0.05, 0.1) is 18.9 Å². The molecule has 0 radical (unpaired) electrons. The second-order valence-electron chi connectivity index (χ2n) is 4.73. The minimum atomic E-state index is 0.0216. The molecule has 0 aromatic heterocycles. The van der Waals surface area contributed by atoms with Gasteiger partial charge in [-0.3, -0.25) is 0 Å². The quantitative estimate of drug-likeness (QED) is 0.900. The van der Waals surface area contributed by atoms with E-state index >= 15 is 0 Å². The Labute approximate surface area is 117 Å². The molecule has 0 aliphatic carbocycles. The molecule has 0 spiro atoms. The Morgan fingerprint density at radius 2 is 1.90 bits per heavy atom. The van der Waals surface area contributed by atoms with Gasteiger partial charge in [0.2, 0.25) is 0 Å². The van der Waals surface area contributed by atoms with Crippen molar-refractivity contribution in [2.24, 2.45) is 5.10 Å². The lowest BCUT2D eigenvalue weighted by Crippen LogP contribution is -2.10. The number of para-hydroxylation sites is 1. The molecule has 1 aliphatic rings. The Hall–Kier alpha value is -2.49. The Kier molecular flexibility index (Phi) is 3.29. The highest BCUT2D eigenvalue weighted by molar-refractivity contribution is 6.01. The van der Waals surface area contributed by atoms with Crippen LogP contribution in [0.2, 0.25) is 0 Å². The van der Waals surface area contributed by atoms with Gasteiger partial charge < -0.3 is 15.3 Å². The van der Waals surface area contributed by atoms with Crippen molar-refractivity contribution in [2.75, 3.05) is 7.11 Å². The maximum Gasteiger partial charge on any atom is 0.120 e. The van der Waals surface area contributed by atoms with Crippen molar-refractivity contribution in [3.8, 4) is 11.5 Å². The summed E-state index contributed by atoms with van der Waals surface area (Å²) in [5.41, 5.74) is 6.02. The topological polar surface area (TPSA) is 53.8 Å². The number of phenolic OH excluding ortho intramolecular Hbond substituents is 1. The van der Waals surface area contributed by atoms with Gasteiger partial charge in [-0.05, 0) is 35.9 Å². The van der Waals surface area contributed by atoms with Crippen LogP contribution in [-0.2, 0) is 0 Å². The zero-order chi connectivity index (χ0) is 13.9. The molecule has 2 N–H and O–H groups in total. The van der Waals surface area contributed by atoms with E-state index in [0.717, 1.165) is 29.0 Å². The molecule has 0 bridgehead atoms. The van der Waals surface area contributed by atoms with E-state index in [9.17, 15) is 5.11 Å². The van der Waals surface area contributed by atoms with Gasteiger partial charge in [-0.15, -0.1) is 0 Å². The van der Waals surface area contributed by atoms with Crippen LogP contribution >= 0.6 is 0 Å². The van der Waals surface area contributed by atoms with Crippen LogP contribution in [0.25, 0.3) is 0 Å². The van der Waals surface area contributed by atoms with Crippen molar-refractivity contribution in [2.45, 2.75) is 12.5 Å². The molecule has 1 aliphatic heterocycles. The normalized spacial score (nSPS) is 17.4. The number of rotatable bonds is 3. The number of ether oxygens (including phenoxy) is 1. The van der Waals surface area contributed by atoms with Gasteiger partial charge in [0.1, 0.15) is 11.5 Å². The Balaban J connectivity index is 1.77. The number of methoxy groups -OCH3 is 1. The number of phenols is 1. The molecule has 2 aromatic carbocycles. The van der Waals surface area contributed by atoms with E-state index in [1.165, 1.54) is 0 Å². The first-order valence-electron chi connectivity index (χ1n) is 6.52. The summed E-state index contributed by atoms with van der Waals surface area (Å²) in [6, 6.07) is 15.2. The molecule has 1 atom stereocenters. The number of hydrazone groups is 1. The number of nitrogens with zero attached hydrogens (tertiary/aromatic N) is 1. The van der Waals surface area contributed by atoms with Gasteiger partial charge in [0.25, 0.3) is 0 Å². The predicted molar refractivity (Wildman–Crippen MR) is 78.1 cm³/mol. The monoisotopic (exact) mass is 268 g/mol. The number of nitrogens with one attached hydrogen (secondary N) is 1. The van der Waals surface area contributed by atoms with E-state index in [4.69, 9.17) is 4.74 Å². The Bertz CT molecular complexity index is 635. The first-order valence-corrected chi connectivity index (χ1v) is 6.52. The highest BCUT2D eigenvalue weighted by Gasteiger charge is 2.23. The summed E-state index contributed by atoms with van der Waals surface area (Å²) in [5, 5.41) is 14.3. The standard InChI is InChI=1S/C16H16N2O2/c1-20-12-8-6-11(7-9-12)14-10-15(18-17-14)13-4-2-3-5-16(13)19/h2-9,15,18-19H,10H2,1H3. The molecule has 4 nitrogen and oxygen atoms in total. The zero-order valence-corrected chi connectivity index (χ0v) is 11.2. The summed E-state index contributed by atoms with van der Waals surface area (Å²) in [6.07, 6.45) is 0.754. The minimum absolute atomic E-state index is 0.0216. The van der Waals surface area contributed by atoms with Crippen LogP contribution in [0.1, 0.15) is 23.6 Å². The first kappa shape index (κ1) is 12.5. The van der Waals surface area contributed by atoms with Crippen molar-refractivity contribution >= 4 is 5.71 Å². The van der Waals surface area contributed by atoms with Crippen molar-refractivity contribution in [3.05, 3.63) is 59.7 Å². The van der Waals surface area contributed by atoms with Gasteiger partial charge in [-0.25, -0.2) is 0 Å². The molecule has 0 fully saturated rings. The number of aromatic hydroxyl groups is 1.